The first-order valence-corrected chi connectivity index (χ1v) is 5.37. The minimum atomic E-state index is -0.617. The van der Waals surface area contributed by atoms with Crippen LogP contribution in [-0.2, 0) is 9.53 Å². The summed E-state index contributed by atoms with van der Waals surface area (Å²) in [5, 5.41) is 14.5. The van der Waals surface area contributed by atoms with E-state index in [4.69, 9.17) is 9.47 Å². The quantitative estimate of drug-likeness (QED) is 0.337. The predicted molar refractivity (Wildman–Crippen MR) is 60.3 cm³/mol. The Labute approximate surface area is 103 Å². The first-order chi connectivity index (χ1) is 8.66. The molecule has 1 aromatic rings. The summed E-state index contributed by atoms with van der Waals surface area (Å²) < 4.78 is 10.2. The lowest BCUT2D eigenvalue weighted by molar-refractivity contribution is -0.384. The summed E-state index contributed by atoms with van der Waals surface area (Å²) in [6.45, 7) is 1.20. The first-order valence-electron chi connectivity index (χ1n) is 5.37. The fraction of sp³-hybridized carbons (Fsp3) is 0.364. The number of ether oxygens (including phenoxy) is 2. The average Bonchev–Trinajstić information content (AvgIpc) is 2.40. The average molecular weight is 251 g/mol. The third-order valence-corrected chi connectivity index (χ3v) is 2.40. The van der Waals surface area contributed by atoms with Gasteiger partial charge < -0.3 is 9.47 Å². The lowest BCUT2D eigenvalue weighted by atomic mass is 10.2. The Balaban J connectivity index is 1.96. The molecule has 1 fully saturated rings. The summed E-state index contributed by atoms with van der Waals surface area (Å²) in [5.41, 5.74) is -0.0551. The molecule has 1 aliphatic rings. The highest BCUT2D eigenvalue weighted by atomic mass is 16.6. The molecule has 2 rings (SSSR count). The van der Waals surface area contributed by atoms with Crippen molar-refractivity contribution in [3.63, 3.8) is 0 Å². The van der Waals surface area contributed by atoms with Crippen LogP contribution in [0.3, 0.4) is 0 Å². The molecule has 7 heteroatoms. The molecule has 1 aromatic carbocycles. The number of hydrogen-bond donors (Lipinski definition) is 0. The molecule has 1 heterocycles. The van der Waals surface area contributed by atoms with Gasteiger partial charge in [0.25, 0.3) is 5.69 Å². The molecule has 1 saturated heterocycles. The molecule has 0 saturated carbocycles. The number of carbonyl (C=O) groups is 1. The van der Waals surface area contributed by atoms with Crippen LogP contribution in [0.5, 0.6) is 5.75 Å². The van der Waals surface area contributed by atoms with Gasteiger partial charge in [0.05, 0.1) is 18.1 Å². The molecule has 0 bridgehead atoms. The Hall–Kier alpha value is -1.99. The fourth-order valence-corrected chi connectivity index (χ4v) is 1.48. The molecule has 1 unspecified atom stereocenters. The molecule has 7 nitrogen and oxygen atoms in total. The predicted octanol–water partition coefficient (Wildman–Crippen LogP) is 0.503. The van der Waals surface area contributed by atoms with Crippen molar-refractivity contribution in [2.45, 2.75) is 6.04 Å². The van der Waals surface area contributed by atoms with Gasteiger partial charge in [0, 0.05) is 18.7 Å². The number of nitro benzene ring substituents is 1. The van der Waals surface area contributed by atoms with Crippen molar-refractivity contribution in [2.24, 2.45) is 0 Å². The molecule has 1 atom stereocenters. The number of esters is 1. The normalized spacial score (nSPS) is 19.2. The standard InChI is InChI=1S/C11H11N2O5/c14-11(10-7-17-6-5-12-10)18-9-3-1-8(2-4-9)13(15)16/h1-4,10H,5-7H2. The number of hydrogen-bond acceptors (Lipinski definition) is 5. The smallest absolute Gasteiger partial charge is 0.332 e. The summed E-state index contributed by atoms with van der Waals surface area (Å²) in [7, 11) is 0. The molecule has 18 heavy (non-hydrogen) atoms. The van der Waals surface area contributed by atoms with Crippen LogP contribution < -0.4 is 10.1 Å². The van der Waals surface area contributed by atoms with Gasteiger partial charge in [-0.2, -0.15) is 0 Å². The number of morpholine rings is 1. The second kappa shape index (κ2) is 5.56. The Bertz CT molecular complexity index is 439. The summed E-state index contributed by atoms with van der Waals surface area (Å²) in [5.74, 6) is -0.255. The third-order valence-electron chi connectivity index (χ3n) is 2.40. The number of non-ortho nitro benzene ring substituents is 1. The molecule has 0 aliphatic carbocycles. The molecule has 1 aliphatic heterocycles. The molecule has 0 spiro atoms. The van der Waals surface area contributed by atoms with Crippen molar-refractivity contribution in [3.05, 3.63) is 34.4 Å². The van der Waals surface area contributed by atoms with Crippen LogP contribution in [0.2, 0.25) is 0 Å². The molecule has 0 amide bonds. The van der Waals surface area contributed by atoms with Crippen molar-refractivity contribution in [1.29, 1.82) is 0 Å². The van der Waals surface area contributed by atoms with Gasteiger partial charge >= 0.3 is 5.97 Å². The zero-order chi connectivity index (χ0) is 13.0. The second-order valence-corrected chi connectivity index (χ2v) is 3.67. The van der Waals surface area contributed by atoms with Crippen molar-refractivity contribution < 1.29 is 19.2 Å². The molecular weight excluding hydrogens is 240 g/mol. The van der Waals surface area contributed by atoms with Crippen molar-refractivity contribution in [3.8, 4) is 5.75 Å². The summed E-state index contributed by atoms with van der Waals surface area (Å²) in [6.07, 6.45) is 0. The van der Waals surface area contributed by atoms with E-state index < -0.39 is 16.9 Å². The Morgan fingerprint density at radius 2 is 2.17 bits per heavy atom. The van der Waals surface area contributed by atoms with E-state index in [1.165, 1.54) is 24.3 Å². The van der Waals surface area contributed by atoms with Crippen LogP contribution in [0.15, 0.2) is 24.3 Å². The van der Waals surface area contributed by atoms with E-state index in [-0.39, 0.29) is 18.0 Å². The Kier molecular flexibility index (Phi) is 3.85. The van der Waals surface area contributed by atoms with E-state index in [0.717, 1.165) is 0 Å². The summed E-state index contributed by atoms with van der Waals surface area (Å²) >= 11 is 0. The second-order valence-electron chi connectivity index (χ2n) is 3.67. The van der Waals surface area contributed by atoms with E-state index in [0.29, 0.717) is 13.2 Å². The minimum absolute atomic E-state index is 0.0551. The maximum atomic E-state index is 11.7. The van der Waals surface area contributed by atoms with E-state index in [1.807, 2.05) is 0 Å². The number of nitrogens with zero attached hydrogens (tertiary/aromatic N) is 2. The van der Waals surface area contributed by atoms with Crippen LogP contribution >= 0.6 is 0 Å². The topological polar surface area (TPSA) is 92.8 Å². The number of benzene rings is 1. The van der Waals surface area contributed by atoms with Gasteiger partial charge in [-0.1, -0.05) is 0 Å². The maximum Gasteiger partial charge on any atom is 0.332 e. The molecular formula is C11H11N2O5. The van der Waals surface area contributed by atoms with Crippen LogP contribution in [0.25, 0.3) is 0 Å². The fourth-order valence-electron chi connectivity index (χ4n) is 1.48. The zero-order valence-corrected chi connectivity index (χ0v) is 9.44. The van der Waals surface area contributed by atoms with Gasteiger partial charge in [0.2, 0.25) is 0 Å². The number of carbonyl (C=O) groups excluding carboxylic acids is 1. The third kappa shape index (κ3) is 3.02. The van der Waals surface area contributed by atoms with Gasteiger partial charge in [-0.3, -0.25) is 10.1 Å². The molecule has 95 valence electrons. The van der Waals surface area contributed by atoms with Crippen LogP contribution in [-0.4, -0.2) is 36.7 Å². The summed E-state index contributed by atoms with van der Waals surface area (Å²) in [6, 6.07) is 4.68. The van der Waals surface area contributed by atoms with E-state index in [9.17, 15) is 14.9 Å². The maximum absolute atomic E-state index is 11.7. The van der Waals surface area contributed by atoms with E-state index >= 15 is 0 Å². The minimum Gasteiger partial charge on any atom is -0.425 e. The lowest BCUT2D eigenvalue weighted by Crippen LogP contribution is -2.43. The molecule has 1 radical (unpaired) electrons. The largest absolute Gasteiger partial charge is 0.425 e. The highest BCUT2D eigenvalue weighted by Gasteiger charge is 2.24. The van der Waals surface area contributed by atoms with Crippen molar-refractivity contribution in [1.82, 2.24) is 5.32 Å². The van der Waals surface area contributed by atoms with Gasteiger partial charge in [-0.25, -0.2) is 10.1 Å². The lowest BCUT2D eigenvalue weighted by Gasteiger charge is -2.20. The highest BCUT2D eigenvalue weighted by molar-refractivity contribution is 5.78. The number of rotatable bonds is 3. The van der Waals surface area contributed by atoms with E-state index in [1.54, 1.807) is 0 Å². The monoisotopic (exact) mass is 251 g/mol. The number of nitro groups is 1. The van der Waals surface area contributed by atoms with E-state index in [2.05, 4.69) is 5.32 Å². The first kappa shape index (κ1) is 12.5. The van der Waals surface area contributed by atoms with Gasteiger partial charge in [0.1, 0.15) is 11.8 Å². The van der Waals surface area contributed by atoms with Crippen LogP contribution in [0, 0.1) is 10.1 Å². The SMILES string of the molecule is O=C(Oc1ccc([N+](=O)[O-])cc1)C1COCC[N]1. The van der Waals surface area contributed by atoms with Crippen molar-refractivity contribution in [2.75, 3.05) is 19.8 Å². The zero-order valence-electron chi connectivity index (χ0n) is 9.44. The highest BCUT2D eigenvalue weighted by Crippen LogP contribution is 2.17. The van der Waals surface area contributed by atoms with Crippen LogP contribution in [0.4, 0.5) is 5.69 Å². The van der Waals surface area contributed by atoms with Gasteiger partial charge in [0.15, 0.2) is 0 Å². The van der Waals surface area contributed by atoms with Crippen molar-refractivity contribution >= 4 is 11.7 Å². The Morgan fingerprint density at radius 1 is 1.44 bits per heavy atom. The molecule has 0 N–H and O–H groups in total. The van der Waals surface area contributed by atoms with Crippen LogP contribution in [0.1, 0.15) is 0 Å². The van der Waals surface area contributed by atoms with Gasteiger partial charge in [-0.05, 0) is 12.1 Å². The Morgan fingerprint density at radius 3 is 2.72 bits per heavy atom. The van der Waals surface area contributed by atoms with Gasteiger partial charge in [-0.15, -0.1) is 0 Å². The molecule has 0 aromatic heterocycles. The summed E-state index contributed by atoms with van der Waals surface area (Å²) in [4.78, 5) is 21.6.